The van der Waals surface area contributed by atoms with Crippen LogP contribution >= 0.6 is 0 Å². The SMILES string of the molecule is CCOC(=O)/C=C(/c1ccccc1)c1ccc(Cn2c(CC)nc3c(C)cc(C)nc32)cc1. The highest BCUT2D eigenvalue weighted by atomic mass is 16.5. The second-order valence-corrected chi connectivity index (χ2v) is 8.09. The van der Waals surface area contributed by atoms with Crippen LogP contribution in [-0.2, 0) is 22.5 Å². The van der Waals surface area contributed by atoms with Crippen molar-refractivity contribution >= 4 is 22.7 Å². The number of imidazole rings is 1. The Morgan fingerprint density at radius 1 is 0.970 bits per heavy atom. The van der Waals surface area contributed by atoms with Crippen molar-refractivity contribution in [2.45, 2.75) is 40.7 Å². The van der Waals surface area contributed by atoms with Gasteiger partial charge in [-0.05, 0) is 54.7 Å². The number of rotatable bonds is 7. The largest absolute Gasteiger partial charge is 0.463 e. The number of pyridine rings is 1. The molecule has 0 aliphatic heterocycles. The third kappa shape index (κ3) is 4.87. The molecule has 4 rings (SSSR count). The summed E-state index contributed by atoms with van der Waals surface area (Å²) in [7, 11) is 0. The highest BCUT2D eigenvalue weighted by Crippen LogP contribution is 2.25. The Hall–Kier alpha value is -3.73. The highest BCUT2D eigenvalue weighted by Gasteiger charge is 2.14. The molecule has 0 saturated carbocycles. The molecule has 0 aliphatic carbocycles. The second kappa shape index (κ2) is 9.82. The normalized spacial score (nSPS) is 11.7. The topological polar surface area (TPSA) is 57.0 Å². The molecular weight excluding hydrogens is 410 g/mol. The number of benzene rings is 2. The van der Waals surface area contributed by atoms with E-state index in [1.165, 1.54) is 0 Å². The number of fused-ring (bicyclic) bond motifs is 1. The van der Waals surface area contributed by atoms with Gasteiger partial charge in [0.2, 0.25) is 0 Å². The van der Waals surface area contributed by atoms with Gasteiger partial charge in [-0.2, -0.15) is 0 Å². The van der Waals surface area contributed by atoms with Crippen LogP contribution in [-0.4, -0.2) is 27.1 Å². The third-order valence-corrected chi connectivity index (χ3v) is 5.66. The molecule has 0 radical (unpaired) electrons. The zero-order valence-corrected chi connectivity index (χ0v) is 19.6. The molecule has 0 spiro atoms. The number of aryl methyl sites for hydroxylation is 3. The lowest BCUT2D eigenvalue weighted by Crippen LogP contribution is -2.06. The van der Waals surface area contributed by atoms with Gasteiger partial charge >= 0.3 is 5.97 Å². The summed E-state index contributed by atoms with van der Waals surface area (Å²) >= 11 is 0. The quantitative estimate of drug-likeness (QED) is 0.276. The number of hydrogen-bond donors (Lipinski definition) is 0. The van der Waals surface area contributed by atoms with Crippen LogP contribution in [0, 0.1) is 13.8 Å². The summed E-state index contributed by atoms with van der Waals surface area (Å²) in [6.45, 7) is 9.08. The van der Waals surface area contributed by atoms with Crippen LogP contribution in [0.3, 0.4) is 0 Å². The maximum atomic E-state index is 12.2. The average Bonchev–Trinajstić information content (AvgIpc) is 3.16. The molecule has 168 valence electrons. The first-order chi connectivity index (χ1) is 16.0. The summed E-state index contributed by atoms with van der Waals surface area (Å²) in [5.74, 6) is 0.692. The summed E-state index contributed by atoms with van der Waals surface area (Å²) in [5, 5.41) is 0. The van der Waals surface area contributed by atoms with Crippen LogP contribution in [0.4, 0.5) is 0 Å². The van der Waals surface area contributed by atoms with E-state index in [9.17, 15) is 4.79 Å². The predicted molar refractivity (Wildman–Crippen MR) is 132 cm³/mol. The lowest BCUT2D eigenvalue weighted by Gasteiger charge is -2.12. The van der Waals surface area contributed by atoms with Crippen molar-refractivity contribution in [2.24, 2.45) is 0 Å². The van der Waals surface area contributed by atoms with Crippen molar-refractivity contribution in [3.63, 3.8) is 0 Å². The maximum absolute atomic E-state index is 12.2. The Balaban J connectivity index is 1.69. The molecule has 5 heteroatoms. The van der Waals surface area contributed by atoms with Gasteiger partial charge in [0.05, 0.1) is 13.2 Å². The van der Waals surface area contributed by atoms with Gasteiger partial charge in [0, 0.05) is 18.2 Å². The summed E-state index contributed by atoms with van der Waals surface area (Å²) in [6, 6.07) is 20.3. The lowest BCUT2D eigenvalue weighted by atomic mass is 9.96. The van der Waals surface area contributed by atoms with Crippen LogP contribution in [0.2, 0.25) is 0 Å². The molecule has 0 aliphatic rings. The molecule has 0 bridgehead atoms. The minimum Gasteiger partial charge on any atom is -0.463 e. The van der Waals surface area contributed by atoms with E-state index in [0.717, 1.165) is 56.9 Å². The number of carbonyl (C=O) groups is 1. The molecule has 0 saturated heterocycles. The van der Waals surface area contributed by atoms with Crippen LogP contribution in [0.25, 0.3) is 16.7 Å². The van der Waals surface area contributed by atoms with Gasteiger partial charge in [-0.25, -0.2) is 14.8 Å². The number of esters is 1. The maximum Gasteiger partial charge on any atom is 0.331 e. The van der Waals surface area contributed by atoms with E-state index >= 15 is 0 Å². The standard InChI is InChI=1S/C28H29N3O2/c1-5-25-30-27-19(3)16-20(4)29-28(27)31(25)18-21-12-14-23(15-13-21)24(17-26(32)33-6-2)22-10-8-7-9-11-22/h7-17H,5-6,18H2,1-4H3/b24-17-. The zero-order valence-electron chi connectivity index (χ0n) is 19.6. The number of hydrogen-bond acceptors (Lipinski definition) is 4. The summed E-state index contributed by atoms with van der Waals surface area (Å²) in [4.78, 5) is 21.8. The lowest BCUT2D eigenvalue weighted by molar-refractivity contribution is -0.137. The molecule has 0 atom stereocenters. The van der Waals surface area contributed by atoms with Gasteiger partial charge < -0.3 is 9.30 Å². The van der Waals surface area contributed by atoms with E-state index in [1.807, 2.05) is 44.2 Å². The van der Waals surface area contributed by atoms with Gasteiger partial charge in [-0.3, -0.25) is 0 Å². The van der Waals surface area contributed by atoms with Gasteiger partial charge in [-0.15, -0.1) is 0 Å². The first kappa shape index (κ1) is 22.5. The molecule has 33 heavy (non-hydrogen) atoms. The highest BCUT2D eigenvalue weighted by molar-refractivity contribution is 5.96. The van der Waals surface area contributed by atoms with Crippen molar-refractivity contribution in [1.29, 1.82) is 0 Å². The van der Waals surface area contributed by atoms with Crippen molar-refractivity contribution in [1.82, 2.24) is 14.5 Å². The molecule has 2 aromatic carbocycles. The third-order valence-electron chi connectivity index (χ3n) is 5.66. The molecule has 0 amide bonds. The molecule has 5 nitrogen and oxygen atoms in total. The molecule has 0 fully saturated rings. The van der Waals surface area contributed by atoms with Crippen LogP contribution in [0.15, 0.2) is 66.7 Å². The van der Waals surface area contributed by atoms with E-state index in [1.54, 1.807) is 6.08 Å². The smallest absolute Gasteiger partial charge is 0.331 e. The molecule has 2 heterocycles. The van der Waals surface area contributed by atoms with E-state index in [2.05, 4.69) is 48.7 Å². The fraction of sp³-hybridized carbons (Fsp3) is 0.250. The van der Waals surface area contributed by atoms with Crippen molar-refractivity contribution in [3.05, 3.63) is 101 Å². The molecule has 0 unspecified atom stereocenters. The average molecular weight is 440 g/mol. The Bertz CT molecular complexity index is 1300. The van der Waals surface area contributed by atoms with E-state index in [0.29, 0.717) is 13.2 Å². The summed E-state index contributed by atoms with van der Waals surface area (Å²) in [5.41, 5.74) is 7.98. The first-order valence-electron chi connectivity index (χ1n) is 11.4. The molecule has 4 aromatic rings. The van der Waals surface area contributed by atoms with Crippen molar-refractivity contribution in [2.75, 3.05) is 6.61 Å². The van der Waals surface area contributed by atoms with Gasteiger partial charge in [0.1, 0.15) is 11.3 Å². The number of nitrogens with zero attached hydrogens (tertiary/aromatic N) is 3. The van der Waals surface area contributed by atoms with Gasteiger partial charge in [0.15, 0.2) is 5.65 Å². The monoisotopic (exact) mass is 439 g/mol. The van der Waals surface area contributed by atoms with Gasteiger partial charge in [0.25, 0.3) is 0 Å². The van der Waals surface area contributed by atoms with Crippen LogP contribution < -0.4 is 0 Å². The van der Waals surface area contributed by atoms with E-state index in [4.69, 9.17) is 14.7 Å². The molecule has 0 N–H and O–H groups in total. The Labute approximate surface area is 194 Å². The zero-order chi connectivity index (χ0) is 23.4. The minimum absolute atomic E-state index is 0.338. The summed E-state index contributed by atoms with van der Waals surface area (Å²) in [6.07, 6.45) is 2.41. The molecule has 2 aromatic heterocycles. The fourth-order valence-corrected chi connectivity index (χ4v) is 4.11. The number of carbonyl (C=O) groups excluding carboxylic acids is 1. The Kier molecular flexibility index (Phi) is 6.68. The van der Waals surface area contributed by atoms with E-state index < -0.39 is 0 Å². The minimum atomic E-state index is -0.338. The summed E-state index contributed by atoms with van der Waals surface area (Å²) < 4.78 is 7.37. The Morgan fingerprint density at radius 2 is 1.67 bits per heavy atom. The first-order valence-corrected chi connectivity index (χ1v) is 11.4. The number of aromatic nitrogens is 3. The van der Waals surface area contributed by atoms with E-state index in [-0.39, 0.29) is 5.97 Å². The second-order valence-electron chi connectivity index (χ2n) is 8.09. The predicted octanol–water partition coefficient (Wildman–Crippen LogP) is 5.65. The van der Waals surface area contributed by atoms with Crippen molar-refractivity contribution in [3.8, 4) is 0 Å². The van der Waals surface area contributed by atoms with Crippen molar-refractivity contribution < 1.29 is 9.53 Å². The van der Waals surface area contributed by atoms with Crippen LogP contribution in [0.1, 0.15) is 47.6 Å². The Morgan fingerprint density at radius 3 is 2.33 bits per heavy atom. The number of ether oxygens (including phenoxy) is 1. The molecular formula is C28H29N3O2. The van der Waals surface area contributed by atoms with Crippen LogP contribution in [0.5, 0.6) is 0 Å². The van der Waals surface area contributed by atoms with Gasteiger partial charge in [-0.1, -0.05) is 61.5 Å². The fourth-order valence-electron chi connectivity index (χ4n) is 4.11.